The Bertz CT molecular complexity index is 693. The quantitative estimate of drug-likeness (QED) is 0.349. The molecule has 0 unspecified atom stereocenters. The smallest absolute Gasteiger partial charge is 0.142 e. The Morgan fingerprint density at radius 2 is 1.00 bits per heavy atom. The van der Waals surface area contributed by atoms with E-state index in [4.69, 9.17) is 0 Å². The highest BCUT2D eigenvalue weighted by Gasteiger charge is 2.34. The zero-order chi connectivity index (χ0) is 16.7. The molecule has 0 aliphatic heterocycles. The van der Waals surface area contributed by atoms with Gasteiger partial charge in [0.15, 0.2) is 0 Å². The third-order valence-electron chi connectivity index (χ3n) is 4.44. The van der Waals surface area contributed by atoms with Gasteiger partial charge >= 0.3 is 0 Å². The van der Waals surface area contributed by atoms with E-state index in [1.165, 1.54) is 16.7 Å². The molecule has 0 spiro atoms. The second kappa shape index (κ2) is 7.56. The fourth-order valence-electron chi connectivity index (χ4n) is 3.32. The van der Waals surface area contributed by atoms with Crippen LogP contribution in [0.5, 0.6) is 0 Å². The summed E-state index contributed by atoms with van der Waals surface area (Å²) in [4.78, 5) is 10.8. The lowest BCUT2D eigenvalue weighted by Gasteiger charge is -2.35. The molecular formula is C23H20O. The van der Waals surface area contributed by atoms with E-state index >= 15 is 0 Å². The van der Waals surface area contributed by atoms with Crippen LogP contribution in [0.4, 0.5) is 0 Å². The summed E-state index contributed by atoms with van der Waals surface area (Å²) in [5.41, 5.74) is 3.34. The predicted octanol–water partition coefficient (Wildman–Crippen LogP) is 5.17. The molecule has 1 heteroatoms. The van der Waals surface area contributed by atoms with Gasteiger partial charge in [0.1, 0.15) is 6.29 Å². The van der Waals surface area contributed by atoms with Crippen LogP contribution in [-0.4, -0.2) is 6.29 Å². The molecule has 0 saturated carbocycles. The van der Waals surface area contributed by atoms with Crippen molar-refractivity contribution in [2.45, 2.75) is 11.8 Å². The van der Waals surface area contributed by atoms with Gasteiger partial charge in [-0.3, -0.25) is 4.79 Å². The van der Waals surface area contributed by atoms with Gasteiger partial charge < -0.3 is 0 Å². The third-order valence-corrected chi connectivity index (χ3v) is 4.44. The maximum Gasteiger partial charge on any atom is 0.142 e. The molecule has 0 amide bonds. The number of hydrogen-bond donors (Lipinski definition) is 0. The minimum atomic E-state index is -0.316. The number of aldehydes is 1. The van der Waals surface area contributed by atoms with Crippen LogP contribution in [0.25, 0.3) is 0 Å². The summed E-state index contributed by atoms with van der Waals surface area (Å²) < 4.78 is 0. The van der Waals surface area contributed by atoms with Crippen LogP contribution in [0, 0.1) is 0 Å². The van der Waals surface area contributed by atoms with Crippen molar-refractivity contribution in [3.8, 4) is 0 Å². The Hall–Kier alpha value is -2.93. The van der Waals surface area contributed by atoms with E-state index in [9.17, 15) is 4.79 Å². The summed E-state index contributed by atoms with van der Waals surface area (Å²) in [7, 11) is 0. The maximum atomic E-state index is 10.8. The van der Waals surface area contributed by atoms with Gasteiger partial charge in [-0.2, -0.15) is 0 Å². The molecule has 3 aromatic carbocycles. The lowest BCUT2D eigenvalue weighted by atomic mass is 9.67. The normalized spacial score (nSPS) is 11.5. The van der Waals surface area contributed by atoms with Crippen molar-refractivity contribution in [3.63, 3.8) is 0 Å². The first-order chi connectivity index (χ1) is 11.9. The summed E-state index contributed by atoms with van der Waals surface area (Å²) in [6, 6.07) is 31.5. The molecule has 0 bridgehead atoms. The molecule has 3 rings (SSSR count). The van der Waals surface area contributed by atoms with Gasteiger partial charge in [-0.1, -0.05) is 97.1 Å². The molecule has 24 heavy (non-hydrogen) atoms. The van der Waals surface area contributed by atoms with Crippen LogP contribution in [0.3, 0.4) is 0 Å². The highest BCUT2D eigenvalue weighted by Crippen LogP contribution is 2.42. The van der Waals surface area contributed by atoms with Gasteiger partial charge in [0.25, 0.3) is 0 Å². The Labute approximate surface area is 143 Å². The van der Waals surface area contributed by atoms with Crippen LogP contribution < -0.4 is 0 Å². The number of carbonyl (C=O) groups excluding carboxylic acids is 1. The van der Waals surface area contributed by atoms with Crippen LogP contribution in [0.2, 0.25) is 0 Å². The van der Waals surface area contributed by atoms with Crippen molar-refractivity contribution in [1.82, 2.24) is 0 Å². The first-order valence-electron chi connectivity index (χ1n) is 8.15. The van der Waals surface area contributed by atoms with Crippen molar-refractivity contribution >= 4 is 6.29 Å². The molecule has 0 aliphatic rings. The van der Waals surface area contributed by atoms with E-state index in [1.807, 2.05) is 24.3 Å². The van der Waals surface area contributed by atoms with Gasteiger partial charge in [0.2, 0.25) is 0 Å². The second-order valence-corrected chi connectivity index (χ2v) is 5.77. The first kappa shape index (κ1) is 15.9. The van der Waals surface area contributed by atoms with Crippen molar-refractivity contribution in [2.75, 3.05) is 0 Å². The molecule has 3 aromatic rings. The average molecular weight is 312 g/mol. The standard InChI is InChI=1S/C23H20O/c24-19-11-10-18-23(20-12-4-1-5-13-20,21-14-6-2-7-15-21)22-16-8-3-9-17-22/h1-17,19H,18H2. The molecule has 1 nitrogen and oxygen atoms in total. The zero-order valence-electron chi connectivity index (χ0n) is 13.5. The largest absolute Gasteiger partial charge is 0.299 e. The molecule has 0 saturated heterocycles. The minimum absolute atomic E-state index is 0.316. The van der Waals surface area contributed by atoms with Crippen molar-refractivity contribution in [2.24, 2.45) is 0 Å². The highest BCUT2D eigenvalue weighted by atomic mass is 16.1. The number of benzene rings is 3. The average Bonchev–Trinajstić information content (AvgIpc) is 2.68. The number of hydrogen-bond acceptors (Lipinski definition) is 1. The number of allylic oxidation sites excluding steroid dienone is 2. The van der Waals surface area contributed by atoms with E-state index in [2.05, 4.69) is 72.8 Å². The molecule has 0 heterocycles. The van der Waals surface area contributed by atoms with E-state index in [1.54, 1.807) is 6.08 Å². The molecule has 118 valence electrons. The monoisotopic (exact) mass is 312 g/mol. The maximum absolute atomic E-state index is 10.8. The predicted molar refractivity (Wildman–Crippen MR) is 99.0 cm³/mol. The summed E-state index contributed by atoms with van der Waals surface area (Å²) in [5, 5.41) is 0. The van der Waals surface area contributed by atoms with E-state index < -0.39 is 0 Å². The summed E-state index contributed by atoms with van der Waals surface area (Å²) in [6.45, 7) is 0. The van der Waals surface area contributed by atoms with Gasteiger partial charge in [-0.05, 0) is 29.2 Å². The van der Waals surface area contributed by atoms with Crippen molar-refractivity contribution < 1.29 is 4.79 Å². The molecule has 0 N–H and O–H groups in total. The van der Waals surface area contributed by atoms with Crippen LogP contribution >= 0.6 is 0 Å². The molecule has 0 aromatic heterocycles. The van der Waals surface area contributed by atoms with E-state index in [0.29, 0.717) is 0 Å². The fraction of sp³-hybridized carbons (Fsp3) is 0.0870. The topological polar surface area (TPSA) is 17.1 Å². The summed E-state index contributed by atoms with van der Waals surface area (Å²) in [5.74, 6) is 0. The second-order valence-electron chi connectivity index (χ2n) is 5.77. The van der Waals surface area contributed by atoms with Crippen LogP contribution in [0.1, 0.15) is 23.1 Å². The van der Waals surface area contributed by atoms with E-state index in [0.717, 1.165) is 12.7 Å². The van der Waals surface area contributed by atoms with Crippen molar-refractivity contribution in [1.29, 1.82) is 0 Å². The van der Waals surface area contributed by atoms with Gasteiger partial charge in [-0.15, -0.1) is 0 Å². The Balaban J connectivity index is 2.28. The molecule has 0 fully saturated rings. The summed E-state index contributed by atoms with van der Waals surface area (Å²) in [6.07, 6.45) is 5.11. The Morgan fingerprint density at radius 1 is 0.625 bits per heavy atom. The van der Waals surface area contributed by atoms with Crippen molar-refractivity contribution in [3.05, 3.63) is 120 Å². The highest BCUT2D eigenvalue weighted by molar-refractivity contribution is 5.65. The Morgan fingerprint density at radius 3 is 1.33 bits per heavy atom. The Kier molecular flexibility index (Phi) is 5.02. The number of rotatable bonds is 6. The first-order valence-corrected chi connectivity index (χ1v) is 8.15. The molecule has 0 radical (unpaired) electrons. The molecule has 0 atom stereocenters. The van der Waals surface area contributed by atoms with Crippen LogP contribution in [0.15, 0.2) is 103 Å². The fourth-order valence-corrected chi connectivity index (χ4v) is 3.32. The van der Waals surface area contributed by atoms with Gasteiger partial charge in [-0.25, -0.2) is 0 Å². The van der Waals surface area contributed by atoms with E-state index in [-0.39, 0.29) is 5.41 Å². The SMILES string of the molecule is O=CC=CCC(c1ccccc1)(c1ccccc1)c1ccccc1. The zero-order valence-corrected chi connectivity index (χ0v) is 13.5. The van der Waals surface area contributed by atoms with Gasteiger partial charge in [0, 0.05) is 5.41 Å². The third kappa shape index (κ3) is 3.07. The minimum Gasteiger partial charge on any atom is -0.299 e. The molecular weight excluding hydrogens is 292 g/mol. The lowest BCUT2D eigenvalue weighted by molar-refractivity contribution is -0.104. The summed E-state index contributed by atoms with van der Waals surface area (Å²) >= 11 is 0. The van der Waals surface area contributed by atoms with Crippen LogP contribution in [-0.2, 0) is 10.2 Å². The number of carbonyl (C=O) groups is 1. The van der Waals surface area contributed by atoms with Gasteiger partial charge in [0.05, 0.1) is 0 Å². The molecule has 0 aliphatic carbocycles. The lowest BCUT2D eigenvalue weighted by Crippen LogP contribution is -2.28.